The number of para-hydroxylation sites is 1. The predicted molar refractivity (Wildman–Crippen MR) is 117 cm³/mol. The molecule has 0 bridgehead atoms. The molecule has 2 saturated carbocycles. The fourth-order valence-electron chi connectivity index (χ4n) is 4.08. The summed E-state index contributed by atoms with van der Waals surface area (Å²) in [6, 6.07) is 9.01. The van der Waals surface area contributed by atoms with Crippen LogP contribution in [0.25, 0.3) is 0 Å². The number of hydrogen-bond acceptors (Lipinski definition) is 3. The lowest BCUT2D eigenvalue weighted by molar-refractivity contribution is -0.135. The molecule has 1 aromatic rings. The van der Waals surface area contributed by atoms with Crippen LogP contribution in [-0.4, -0.2) is 67.5 Å². The minimum Gasteiger partial charge on any atom is -0.496 e. The summed E-state index contributed by atoms with van der Waals surface area (Å²) in [6.07, 6.45) is 3.36. The van der Waals surface area contributed by atoms with Crippen LogP contribution in [0.5, 0.6) is 5.75 Å². The molecule has 0 aromatic heterocycles. The molecule has 1 aromatic carbocycles. The minimum atomic E-state index is 0. The zero-order chi connectivity index (χ0) is 18.3. The summed E-state index contributed by atoms with van der Waals surface area (Å²) < 4.78 is 5.54. The van der Waals surface area contributed by atoms with Crippen LogP contribution in [0.4, 0.5) is 0 Å². The van der Waals surface area contributed by atoms with E-state index in [0.717, 1.165) is 44.1 Å². The van der Waals surface area contributed by atoms with Crippen LogP contribution in [0.3, 0.4) is 0 Å². The second-order valence-electron chi connectivity index (χ2n) is 7.81. The monoisotopic (exact) mass is 484 g/mol. The van der Waals surface area contributed by atoms with E-state index in [1.54, 1.807) is 14.2 Å². The van der Waals surface area contributed by atoms with Crippen molar-refractivity contribution in [2.24, 2.45) is 4.99 Å². The predicted octanol–water partition coefficient (Wildman–Crippen LogP) is 2.23. The smallest absolute Gasteiger partial charge is 0.242 e. The van der Waals surface area contributed by atoms with Crippen LogP contribution in [0.2, 0.25) is 0 Å². The molecule has 1 heterocycles. The normalized spacial score (nSPS) is 27.9. The van der Waals surface area contributed by atoms with E-state index < -0.39 is 0 Å². The molecule has 2 atom stereocenters. The lowest BCUT2D eigenvalue weighted by Gasteiger charge is -2.36. The highest BCUT2D eigenvalue weighted by Crippen LogP contribution is 2.51. The molecule has 148 valence electrons. The quantitative estimate of drug-likeness (QED) is 0.405. The Morgan fingerprint density at radius 1 is 1.30 bits per heavy atom. The number of carbonyl (C=O) groups excluding carboxylic acids is 1. The molecule has 2 unspecified atom stereocenters. The summed E-state index contributed by atoms with van der Waals surface area (Å²) in [5, 5.41) is 3.58. The van der Waals surface area contributed by atoms with Crippen molar-refractivity contribution in [3.05, 3.63) is 29.8 Å². The van der Waals surface area contributed by atoms with E-state index in [-0.39, 0.29) is 35.3 Å². The number of carbonyl (C=O) groups is 1. The lowest BCUT2D eigenvalue weighted by Crippen LogP contribution is -2.56. The van der Waals surface area contributed by atoms with Crippen molar-refractivity contribution in [2.75, 3.05) is 33.8 Å². The van der Waals surface area contributed by atoms with Gasteiger partial charge in [-0.15, -0.1) is 24.0 Å². The average molecular weight is 484 g/mol. The summed E-state index contributed by atoms with van der Waals surface area (Å²) in [4.78, 5) is 21.0. The maximum atomic E-state index is 12.4. The van der Waals surface area contributed by atoms with E-state index in [9.17, 15) is 4.79 Å². The van der Waals surface area contributed by atoms with Crippen molar-refractivity contribution in [1.29, 1.82) is 0 Å². The molecule has 1 N–H and O–H groups in total. The fourth-order valence-corrected chi connectivity index (χ4v) is 4.08. The van der Waals surface area contributed by atoms with Gasteiger partial charge in [-0.05, 0) is 25.3 Å². The standard InChI is InChI=1S/C20H28N4O2.HI/c1-20(15-6-4-5-7-16(15)26-3)12-17(20)22-19(21-2)23-10-11-24(14-8-9-14)18(25)13-23;/h4-7,14,17H,8-13H2,1-3H3,(H,21,22);1H. The molecular formula is C20H29IN4O2. The number of ether oxygens (including phenoxy) is 1. The summed E-state index contributed by atoms with van der Waals surface area (Å²) >= 11 is 0. The number of aliphatic imine (C=N–C) groups is 1. The molecule has 2 aliphatic carbocycles. The second kappa shape index (κ2) is 7.85. The zero-order valence-electron chi connectivity index (χ0n) is 16.3. The lowest BCUT2D eigenvalue weighted by atomic mass is 9.96. The Morgan fingerprint density at radius 2 is 2.04 bits per heavy atom. The molecule has 1 saturated heterocycles. The van der Waals surface area contributed by atoms with Gasteiger partial charge in [0, 0.05) is 43.2 Å². The average Bonchev–Trinajstić information content (AvgIpc) is 3.57. The van der Waals surface area contributed by atoms with Crippen molar-refractivity contribution < 1.29 is 9.53 Å². The van der Waals surface area contributed by atoms with Crippen LogP contribution < -0.4 is 10.1 Å². The summed E-state index contributed by atoms with van der Waals surface area (Å²) in [7, 11) is 3.51. The number of methoxy groups -OCH3 is 1. The first-order valence-electron chi connectivity index (χ1n) is 9.48. The number of piperazine rings is 1. The second-order valence-corrected chi connectivity index (χ2v) is 7.81. The minimum absolute atomic E-state index is 0. The number of rotatable bonds is 4. The van der Waals surface area contributed by atoms with Crippen molar-refractivity contribution in [3.8, 4) is 5.75 Å². The van der Waals surface area contributed by atoms with E-state index in [0.29, 0.717) is 18.6 Å². The van der Waals surface area contributed by atoms with Gasteiger partial charge in [0.05, 0.1) is 13.7 Å². The Morgan fingerprint density at radius 3 is 2.67 bits per heavy atom. The van der Waals surface area contributed by atoms with Gasteiger partial charge in [0.15, 0.2) is 5.96 Å². The molecule has 3 aliphatic rings. The molecule has 7 heteroatoms. The molecular weight excluding hydrogens is 455 g/mol. The first-order chi connectivity index (χ1) is 12.6. The highest BCUT2D eigenvalue weighted by Gasteiger charge is 2.53. The van der Waals surface area contributed by atoms with Crippen molar-refractivity contribution in [2.45, 2.75) is 43.7 Å². The van der Waals surface area contributed by atoms with E-state index in [1.165, 1.54) is 5.56 Å². The molecule has 27 heavy (non-hydrogen) atoms. The van der Waals surface area contributed by atoms with Gasteiger partial charge >= 0.3 is 0 Å². The van der Waals surface area contributed by atoms with Crippen LogP contribution in [0, 0.1) is 0 Å². The third kappa shape index (κ3) is 3.88. The zero-order valence-corrected chi connectivity index (χ0v) is 18.6. The highest BCUT2D eigenvalue weighted by atomic mass is 127. The Bertz CT molecular complexity index is 736. The van der Waals surface area contributed by atoms with Crippen LogP contribution in [0.1, 0.15) is 31.7 Å². The molecule has 3 fully saturated rings. The fraction of sp³-hybridized carbons (Fsp3) is 0.600. The number of amides is 1. The first kappa shape index (κ1) is 20.2. The number of hydrogen-bond donors (Lipinski definition) is 1. The first-order valence-corrected chi connectivity index (χ1v) is 9.48. The van der Waals surface area contributed by atoms with E-state index in [4.69, 9.17) is 4.74 Å². The van der Waals surface area contributed by atoms with Crippen LogP contribution in [-0.2, 0) is 10.2 Å². The summed E-state index contributed by atoms with van der Waals surface area (Å²) in [6.45, 7) is 4.33. The van der Waals surface area contributed by atoms with Gasteiger partial charge in [0.2, 0.25) is 5.91 Å². The molecule has 4 rings (SSSR count). The largest absolute Gasteiger partial charge is 0.496 e. The Kier molecular flexibility index (Phi) is 5.88. The Hall–Kier alpha value is -1.51. The third-order valence-electron chi connectivity index (χ3n) is 6.02. The molecule has 1 amide bonds. The van der Waals surface area contributed by atoms with Crippen molar-refractivity contribution in [3.63, 3.8) is 0 Å². The topological polar surface area (TPSA) is 57.2 Å². The Labute approximate surface area is 178 Å². The molecule has 6 nitrogen and oxygen atoms in total. The summed E-state index contributed by atoms with van der Waals surface area (Å²) in [5.41, 5.74) is 1.26. The van der Waals surface area contributed by atoms with Gasteiger partial charge in [-0.25, -0.2) is 0 Å². The van der Waals surface area contributed by atoms with E-state index in [1.807, 2.05) is 17.0 Å². The van der Waals surface area contributed by atoms with E-state index in [2.05, 4.69) is 34.3 Å². The van der Waals surface area contributed by atoms with Gasteiger partial charge in [-0.1, -0.05) is 25.1 Å². The molecule has 1 aliphatic heterocycles. The van der Waals surface area contributed by atoms with Gasteiger partial charge in [0.1, 0.15) is 5.75 Å². The van der Waals surface area contributed by atoms with Gasteiger partial charge in [0.25, 0.3) is 0 Å². The number of guanidine groups is 1. The molecule has 0 radical (unpaired) electrons. The highest BCUT2D eigenvalue weighted by molar-refractivity contribution is 14.0. The van der Waals surface area contributed by atoms with Crippen LogP contribution in [0.15, 0.2) is 29.3 Å². The number of benzene rings is 1. The van der Waals surface area contributed by atoms with Gasteiger partial charge < -0.3 is 19.9 Å². The van der Waals surface area contributed by atoms with Gasteiger partial charge in [-0.2, -0.15) is 0 Å². The number of nitrogens with zero attached hydrogens (tertiary/aromatic N) is 3. The van der Waals surface area contributed by atoms with E-state index >= 15 is 0 Å². The third-order valence-corrected chi connectivity index (χ3v) is 6.02. The SMILES string of the molecule is CN=C(NC1CC1(C)c1ccccc1OC)N1CCN(C2CC2)C(=O)C1.I. The van der Waals surface area contributed by atoms with Crippen molar-refractivity contribution in [1.82, 2.24) is 15.1 Å². The maximum Gasteiger partial charge on any atom is 0.242 e. The summed E-state index contributed by atoms with van der Waals surface area (Å²) in [5.74, 6) is 1.99. The number of halogens is 1. The van der Waals surface area contributed by atoms with Gasteiger partial charge in [-0.3, -0.25) is 9.79 Å². The van der Waals surface area contributed by atoms with Crippen molar-refractivity contribution >= 4 is 35.8 Å². The number of nitrogens with one attached hydrogen (secondary N) is 1. The van der Waals surface area contributed by atoms with Crippen LogP contribution >= 0.6 is 24.0 Å². The maximum absolute atomic E-state index is 12.4. The molecule has 0 spiro atoms. The Balaban J connectivity index is 0.00000210.